The molecule has 0 saturated carbocycles. The molecule has 1 unspecified atom stereocenters. The Bertz CT molecular complexity index is 121. The summed E-state index contributed by atoms with van der Waals surface area (Å²) < 4.78 is 0. The zero-order chi connectivity index (χ0) is 8.85. The lowest BCUT2D eigenvalue weighted by Gasteiger charge is -2.08. The van der Waals surface area contributed by atoms with Gasteiger partial charge in [0.2, 0.25) is 0 Å². The summed E-state index contributed by atoms with van der Waals surface area (Å²) in [6, 6.07) is 0. The van der Waals surface area contributed by atoms with Crippen LogP contribution in [0.2, 0.25) is 0 Å². The van der Waals surface area contributed by atoms with Crippen LogP contribution in [0.15, 0.2) is 0 Å². The number of Topliss-reactive ketones (excluding diaryl/α,β-unsaturated/α-hetero) is 1. The quantitative estimate of drug-likeness (QED) is 0.658. The molecule has 0 bridgehead atoms. The maximum absolute atomic E-state index is 11.2. The predicted molar refractivity (Wildman–Crippen MR) is 47.3 cm³/mol. The number of ketones is 1. The van der Waals surface area contributed by atoms with Crippen molar-refractivity contribution in [3.05, 3.63) is 0 Å². The van der Waals surface area contributed by atoms with Gasteiger partial charge in [-0.05, 0) is 12.3 Å². The Kier molecular flexibility index (Phi) is 5.12. The highest BCUT2D eigenvalue weighted by atomic mass is 16.1. The summed E-state index contributed by atoms with van der Waals surface area (Å²) in [6.07, 6.45) is 1.68. The van der Waals surface area contributed by atoms with Crippen LogP contribution in [0.25, 0.3) is 0 Å². The molecule has 0 aromatic rings. The van der Waals surface area contributed by atoms with E-state index in [9.17, 15) is 4.79 Å². The molecular weight excluding hydrogens is 138 g/mol. The lowest BCUT2D eigenvalue weighted by atomic mass is 9.98. The van der Waals surface area contributed by atoms with Gasteiger partial charge in [0.15, 0.2) is 0 Å². The van der Waals surface area contributed by atoms with Gasteiger partial charge in [-0.25, -0.2) is 0 Å². The smallest absolute Gasteiger partial charge is 0.136 e. The molecule has 2 heteroatoms. The van der Waals surface area contributed by atoms with E-state index in [1.54, 1.807) is 0 Å². The molecule has 0 rings (SSSR count). The minimum absolute atomic E-state index is 0.0498. The molecule has 2 nitrogen and oxygen atoms in total. The average molecular weight is 157 g/mol. The number of hydrogen-bond donors (Lipinski definition) is 1. The van der Waals surface area contributed by atoms with Crippen LogP contribution < -0.4 is 5.73 Å². The fraction of sp³-hybridized carbons (Fsp3) is 0.889. The van der Waals surface area contributed by atoms with Gasteiger partial charge in [-0.15, -0.1) is 0 Å². The van der Waals surface area contributed by atoms with E-state index in [-0.39, 0.29) is 5.92 Å². The number of carbonyl (C=O) groups is 1. The lowest BCUT2D eigenvalue weighted by Crippen LogP contribution is -2.20. The zero-order valence-corrected chi connectivity index (χ0v) is 7.76. The van der Waals surface area contributed by atoms with E-state index in [0.29, 0.717) is 24.7 Å². The molecule has 0 amide bonds. The Morgan fingerprint density at radius 2 is 1.91 bits per heavy atom. The van der Waals surface area contributed by atoms with Gasteiger partial charge in [-0.3, -0.25) is 4.79 Å². The minimum atomic E-state index is 0.0498. The summed E-state index contributed by atoms with van der Waals surface area (Å²) in [4.78, 5) is 11.2. The first-order valence-corrected chi connectivity index (χ1v) is 4.30. The Morgan fingerprint density at radius 3 is 2.27 bits per heavy atom. The van der Waals surface area contributed by atoms with Crippen molar-refractivity contribution >= 4 is 5.78 Å². The van der Waals surface area contributed by atoms with E-state index in [1.165, 1.54) is 0 Å². The fourth-order valence-electron chi connectivity index (χ4n) is 0.809. The van der Waals surface area contributed by atoms with E-state index in [1.807, 2.05) is 6.92 Å². The molecule has 0 aliphatic rings. The molecule has 0 fully saturated rings. The van der Waals surface area contributed by atoms with Crippen molar-refractivity contribution in [1.82, 2.24) is 0 Å². The molecule has 0 aliphatic heterocycles. The first kappa shape index (κ1) is 10.6. The van der Waals surface area contributed by atoms with Crippen LogP contribution in [0.4, 0.5) is 0 Å². The van der Waals surface area contributed by atoms with Crippen LogP contribution in [0, 0.1) is 11.8 Å². The molecule has 11 heavy (non-hydrogen) atoms. The summed E-state index contributed by atoms with van der Waals surface area (Å²) >= 11 is 0. The summed E-state index contributed by atoms with van der Waals surface area (Å²) in [5, 5.41) is 0. The third-order valence-electron chi connectivity index (χ3n) is 1.87. The van der Waals surface area contributed by atoms with Crippen LogP contribution in [-0.2, 0) is 4.79 Å². The third kappa shape index (κ3) is 4.96. The van der Waals surface area contributed by atoms with Crippen LogP contribution in [0.1, 0.15) is 33.6 Å². The monoisotopic (exact) mass is 157 g/mol. The van der Waals surface area contributed by atoms with Crippen molar-refractivity contribution in [2.24, 2.45) is 17.6 Å². The topological polar surface area (TPSA) is 43.1 Å². The Morgan fingerprint density at radius 1 is 1.36 bits per heavy atom. The van der Waals surface area contributed by atoms with Gasteiger partial charge in [0.05, 0.1) is 0 Å². The van der Waals surface area contributed by atoms with Crippen LogP contribution in [0.3, 0.4) is 0 Å². The summed E-state index contributed by atoms with van der Waals surface area (Å²) in [7, 11) is 0. The molecule has 0 radical (unpaired) electrons. The van der Waals surface area contributed by atoms with Crippen LogP contribution in [-0.4, -0.2) is 12.3 Å². The number of carbonyl (C=O) groups excluding carboxylic acids is 1. The summed E-state index contributed by atoms with van der Waals surface area (Å²) in [5.41, 5.74) is 5.36. The van der Waals surface area contributed by atoms with Gasteiger partial charge in [0.25, 0.3) is 0 Å². The van der Waals surface area contributed by atoms with Crippen LogP contribution in [0.5, 0.6) is 0 Å². The highest BCUT2D eigenvalue weighted by molar-refractivity contribution is 5.80. The Labute approximate surface area is 69.2 Å². The molecule has 0 spiro atoms. The predicted octanol–water partition coefficient (Wildman–Crippen LogP) is 1.59. The maximum Gasteiger partial charge on any atom is 0.136 e. The number of nitrogens with two attached hydrogens (primary N) is 1. The molecule has 1 atom stereocenters. The second-order valence-electron chi connectivity index (χ2n) is 3.54. The van der Waals surface area contributed by atoms with E-state index >= 15 is 0 Å². The molecular formula is C9H19NO. The highest BCUT2D eigenvalue weighted by Gasteiger charge is 2.10. The molecule has 2 N–H and O–H groups in total. The second kappa shape index (κ2) is 5.30. The standard InChI is InChI=1S/C9H19NO/c1-7(2)4-5-9(11)8(3)6-10/h7-8H,4-6,10H2,1-3H3. The lowest BCUT2D eigenvalue weighted by molar-refractivity contribution is -0.122. The van der Waals surface area contributed by atoms with Crippen molar-refractivity contribution in [3.63, 3.8) is 0 Å². The van der Waals surface area contributed by atoms with Crippen molar-refractivity contribution in [1.29, 1.82) is 0 Å². The van der Waals surface area contributed by atoms with Gasteiger partial charge >= 0.3 is 0 Å². The summed E-state index contributed by atoms with van der Waals surface area (Å²) in [6.45, 7) is 6.63. The van der Waals surface area contributed by atoms with E-state index in [4.69, 9.17) is 5.73 Å². The second-order valence-corrected chi connectivity index (χ2v) is 3.54. The van der Waals surface area contributed by atoms with Gasteiger partial charge < -0.3 is 5.73 Å². The van der Waals surface area contributed by atoms with Gasteiger partial charge in [-0.2, -0.15) is 0 Å². The van der Waals surface area contributed by atoms with Crippen LogP contribution >= 0.6 is 0 Å². The van der Waals surface area contributed by atoms with Crippen molar-refractivity contribution in [2.75, 3.05) is 6.54 Å². The van der Waals surface area contributed by atoms with Gasteiger partial charge in [-0.1, -0.05) is 20.8 Å². The average Bonchev–Trinajstić information content (AvgIpc) is 1.98. The SMILES string of the molecule is CC(C)CCC(=O)C(C)CN. The highest BCUT2D eigenvalue weighted by Crippen LogP contribution is 2.07. The Hall–Kier alpha value is -0.370. The Balaban J connectivity index is 3.52. The first-order chi connectivity index (χ1) is 5.07. The van der Waals surface area contributed by atoms with Gasteiger partial charge in [0, 0.05) is 18.9 Å². The minimum Gasteiger partial charge on any atom is -0.330 e. The molecule has 66 valence electrons. The van der Waals surface area contributed by atoms with E-state index < -0.39 is 0 Å². The molecule has 0 aliphatic carbocycles. The van der Waals surface area contributed by atoms with Gasteiger partial charge in [0.1, 0.15) is 5.78 Å². The molecule has 0 aromatic heterocycles. The molecule has 0 heterocycles. The summed E-state index contributed by atoms with van der Waals surface area (Å²) in [5.74, 6) is 0.971. The fourth-order valence-corrected chi connectivity index (χ4v) is 0.809. The number of rotatable bonds is 5. The maximum atomic E-state index is 11.2. The van der Waals surface area contributed by atoms with Crippen molar-refractivity contribution in [2.45, 2.75) is 33.6 Å². The first-order valence-electron chi connectivity index (χ1n) is 4.30. The normalized spacial score (nSPS) is 13.5. The largest absolute Gasteiger partial charge is 0.330 e. The third-order valence-corrected chi connectivity index (χ3v) is 1.87. The van der Waals surface area contributed by atoms with Crippen molar-refractivity contribution in [3.8, 4) is 0 Å². The van der Waals surface area contributed by atoms with Crippen molar-refractivity contribution < 1.29 is 4.79 Å². The molecule has 0 aromatic carbocycles. The molecule has 0 saturated heterocycles. The number of hydrogen-bond acceptors (Lipinski definition) is 2. The van der Waals surface area contributed by atoms with E-state index in [2.05, 4.69) is 13.8 Å². The van der Waals surface area contributed by atoms with E-state index in [0.717, 1.165) is 6.42 Å². The zero-order valence-electron chi connectivity index (χ0n) is 7.76.